The molecule has 0 amide bonds. The van der Waals surface area contributed by atoms with E-state index < -0.39 is 0 Å². The van der Waals surface area contributed by atoms with Crippen molar-refractivity contribution in [2.75, 3.05) is 0 Å². The van der Waals surface area contributed by atoms with Gasteiger partial charge in [0.25, 0.3) is 0 Å². The van der Waals surface area contributed by atoms with E-state index in [0.717, 1.165) is 29.2 Å². The fourth-order valence-corrected chi connectivity index (χ4v) is 3.65. The minimum Gasteiger partial charge on any atom is -0.345 e. The van der Waals surface area contributed by atoms with Crippen LogP contribution in [0.4, 0.5) is 0 Å². The van der Waals surface area contributed by atoms with E-state index in [9.17, 15) is 0 Å². The Morgan fingerprint density at radius 1 is 0.880 bits per heavy atom. The molecule has 0 aliphatic heterocycles. The van der Waals surface area contributed by atoms with Crippen LogP contribution in [-0.4, -0.2) is 9.97 Å². The van der Waals surface area contributed by atoms with Crippen molar-refractivity contribution in [1.82, 2.24) is 9.97 Å². The molecule has 0 unspecified atom stereocenters. The zero-order valence-corrected chi connectivity index (χ0v) is 15.2. The Kier molecular flexibility index (Phi) is 4.24. The van der Waals surface area contributed by atoms with Crippen LogP contribution < -0.4 is 0 Å². The van der Waals surface area contributed by atoms with Gasteiger partial charge in [0.1, 0.15) is 5.82 Å². The zero-order valence-electron chi connectivity index (χ0n) is 13.7. The highest BCUT2D eigenvalue weighted by Gasteiger charge is 2.11. The number of H-pyrrole nitrogens is 1. The molecule has 0 radical (unpaired) electrons. The summed E-state index contributed by atoms with van der Waals surface area (Å²) in [5, 5.41) is 3.71. The SMILES string of the molecule is Cc1[nH]c(Cc2ccc3ccccc3c2)nc1-c1cc(Cl)cc(Cl)c1. The second kappa shape index (κ2) is 6.55. The lowest BCUT2D eigenvalue weighted by atomic mass is 10.1. The van der Waals surface area contributed by atoms with Crippen LogP contribution in [-0.2, 0) is 6.42 Å². The van der Waals surface area contributed by atoms with Gasteiger partial charge in [0.2, 0.25) is 0 Å². The Morgan fingerprint density at radius 3 is 2.36 bits per heavy atom. The van der Waals surface area contributed by atoms with E-state index >= 15 is 0 Å². The number of aromatic nitrogens is 2. The Bertz CT molecular complexity index is 1050. The molecule has 0 aliphatic rings. The molecule has 25 heavy (non-hydrogen) atoms. The number of hydrogen-bond acceptors (Lipinski definition) is 1. The lowest BCUT2D eigenvalue weighted by Gasteiger charge is -2.02. The molecule has 1 aromatic heterocycles. The van der Waals surface area contributed by atoms with Gasteiger partial charge in [-0.1, -0.05) is 65.7 Å². The third-order valence-corrected chi connectivity index (χ3v) is 4.69. The first-order valence-electron chi connectivity index (χ1n) is 8.08. The van der Waals surface area contributed by atoms with Crippen LogP contribution in [0, 0.1) is 6.92 Å². The van der Waals surface area contributed by atoms with Gasteiger partial charge in [-0.15, -0.1) is 0 Å². The first kappa shape index (κ1) is 16.2. The van der Waals surface area contributed by atoms with Crippen LogP contribution in [0.1, 0.15) is 17.1 Å². The second-order valence-electron chi connectivity index (χ2n) is 6.17. The Balaban J connectivity index is 1.67. The summed E-state index contributed by atoms with van der Waals surface area (Å²) in [6, 6.07) is 20.4. The van der Waals surface area contributed by atoms with Gasteiger partial charge >= 0.3 is 0 Å². The molecule has 4 aromatic rings. The average Bonchev–Trinajstić information content (AvgIpc) is 2.94. The predicted octanol–water partition coefficient (Wildman–Crippen LogP) is 6.44. The van der Waals surface area contributed by atoms with E-state index in [1.807, 2.05) is 19.1 Å². The normalized spacial score (nSPS) is 11.2. The number of halogens is 2. The van der Waals surface area contributed by atoms with Crippen molar-refractivity contribution in [1.29, 1.82) is 0 Å². The minimum absolute atomic E-state index is 0.612. The molecule has 4 heteroatoms. The van der Waals surface area contributed by atoms with Gasteiger partial charge in [-0.25, -0.2) is 4.98 Å². The molecule has 1 heterocycles. The van der Waals surface area contributed by atoms with E-state index in [0.29, 0.717) is 10.0 Å². The fourth-order valence-electron chi connectivity index (χ4n) is 3.12. The van der Waals surface area contributed by atoms with Crippen LogP contribution in [0.3, 0.4) is 0 Å². The van der Waals surface area contributed by atoms with Crippen LogP contribution in [0.2, 0.25) is 10.0 Å². The molecule has 0 bridgehead atoms. The van der Waals surface area contributed by atoms with Gasteiger partial charge in [-0.05, 0) is 41.5 Å². The van der Waals surface area contributed by atoms with Gasteiger partial charge in [-0.2, -0.15) is 0 Å². The molecule has 0 fully saturated rings. The quantitative estimate of drug-likeness (QED) is 0.444. The molecule has 0 saturated carbocycles. The predicted molar refractivity (Wildman–Crippen MR) is 106 cm³/mol. The standard InChI is InChI=1S/C21H16Cl2N2/c1-13-21(17-10-18(22)12-19(23)11-17)25-20(24-13)9-14-6-7-15-4-2-3-5-16(15)8-14/h2-8,10-12H,9H2,1H3,(H,24,25). The maximum Gasteiger partial charge on any atom is 0.111 e. The second-order valence-corrected chi connectivity index (χ2v) is 7.05. The van der Waals surface area contributed by atoms with Gasteiger partial charge in [0, 0.05) is 27.7 Å². The maximum absolute atomic E-state index is 6.12. The molecular formula is C21H16Cl2N2. The highest BCUT2D eigenvalue weighted by atomic mass is 35.5. The van der Waals surface area contributed by atoms with Gasteiger partial charge in [0.05, 0.1) is 5.69 Å². The summed E-state index contributed by atoms with van der Waals surface area (Å²) < 4.78 is 0. The zero-order chi connectivity index (χ0) is 17.4. The number of nitrogens with zero attached hydrogens (tertiary/aromatic N) is 1. The number of aryl methyl sites for hydroxylation is 1. The van der Waals surface area contributed by atoms with Gasteiger partial charge in [0.15, 0.2) is 0 Å². The monoisotopic (exact) mass is 366 g/mol. The van der Waals surface area contributed by atoms with Crippen molar-refractivity contribution in [3.8, 4) is 11.3 Å². The fraction of sp³-hybridized carbons (Fsp3) is 0.0952. The highest BCUT2D eigenvalue weighted by Crippen LogP contribution is 2.28. The Morgan fingerprint density at radius 2 is 1.60 bits per heavy atom. The van der Waals surface area contributed by atoms with Crippen LogP contribution in [0.15, 0.2) is 60.7 Å². The molecule has 0 spiro atoms. The Labute approximate surface area is 156 Å². The number of fused-ring (bicyclic) bond motifs is 1. The summed E-state index contributed by atoms with van der Waals surface area (Å²) in [5.41, 5.74) is 4.05. The Hall–Kier alpha value is -2.29. The summed E-state index contributed by atoms with van der Waals surface area (Å²) in [6.45, 7) is 2.01. The van der Waals surface area contributed by atoms with E-state index in [4.69, 9.17) is 28.2 Å². The lowest BCUT2D eigenvalue weighted by Crippen LogP contribution is -1.91. The molecule has 0 aliphatic carbocycles. The van der Waals surface area contributed by atoms with Crippen molar-refractivity contribution >= 4 is 34.0 Å². The van der Waals surface area contributed by atoms with E-state index in [2.05, 4.69) is 47.4 Å². The van der Waals surface area contributed by atoms with Crippen molar-refractivity contribution in [2.24, 2.45) is 0 Å². The van der Waals surface area contributed by atoms with Gasteiger partial charge < -0.3 is 4.98 Å². The van der Waals surface area contributed by atoms with Crippen LogP contribution >= 0.6 is 23.2 Å². The summed E-state index contributed by atoms with van der Waals surface area (Å²) >= 11 is 12.2. The summed E-state index contributed by atoms with van der Waals surface area (Å²) in [6.07, 6.45) is 0.750. The molecule has 124 valence electrons. The minimum atomic E-state index is 0.612. The smallest absolute Gasteiger partial charge is 0.111 e. The average molecular weight is 367 g/mol. The molecule has 0 atom stereocenters. The molecule has 2 nitrogen and oxygen atoms in total. The first-order chi connectivity index (χ1) is 12.1. The lowest BCUT2D eigenvalue weighted by molar-refractivity contribution is 1.02. The van der Waals surface area contributed by atoms with Crippen molar-refractivity contribution < 1.29 is 0 Å². The topological polar surface area (TPSA) is 28.7 Å². The van der Waals surface area contributed by atoms with Gasteiger partial charge in [-0.3, -0.25) is 0 Å². The van der Waals surface area contributed by atoms with Crippen molar-refractivity contribution in [2.45, 2.75) is 13.3 Å². The molecule has 1 N–H and O–H groups in total. The van der Waals surface area contributed by atoms with E-state index in [1.165, 1.54) is 16.3 Å². The van der Waals surface area contributed by atoms with Crippen LogP contribution in [0.25, 0.3) is 22.0 Å². The third-order valence-electron chi connectivity index (χ3n) is 4.26. The largest absolute Gasteiger partial charge is 0.345 e. The summed E-state index contributed by atoms with van der Waals surface area (Å²) in [7, 11) is 0. The summed E-state index contributed by atoms with van der Waals surface area (Å²) in [4.78, 5) is 8.15. The third kappa shape index (κ3) is 3.41. The highest BCUT2D eigenvalue weighted by molar-refractivity contribution is 6.35. The number of rotatable bonds is 3. The first-order valence-corrected chi connectivity index (χ1v) is 8.84. The number of hydrogen-bond donors (Lipinski definition) is 1. The number of nitrogens with one attached hydrogen (secondary N) is 1. The van der Waals surface area contributed by atoms with E-state index in [-0.39, 0.29) is 0 Å². The number of aromatic amines is 1. The number of imidazole rings is 1. The van der Waals surface area contributed by atoms with Crippen LogP contribution in [0.5, 0.6) is 0 Å². The molecule has 4 rings (SSSR count). The number of benzene rings is 3. The molecular weight excluding hydrogens is 351 g/mol. The van der Waals surface area contributed by atoms with Crippen molar-refractivity contribution in [3.63, 3.8) is 0 Å². The summed E-state index contributed by atoms with van der Waals surface area (Å²) in [5.74, 6) is 0.930. The molecule has 3 aromatic carbocycles. The van der Waals surface area contributed by atoms with Crippen molar-refractivity contribution in [3.05, 3.63) is 87.8 Å². The maximum atomic E-state index is 6.12. The molecule has 0 saturated heterocycles. The van der Waals surface area contributed by atoms with E-state index in [1.54, 1.807) is 6.07 Å².